The van der Waals surface area contributed by atoms with E-state index in [4.69, 9.17) is 14.6 Å². The SMILES string of the molecule is CN(CC(=O)O)C1CCN(S(=O)(=O)c2ccc3c(c2)OCCCO3)CC1. The van der Waals surface area contributed by atoms with Gasteiger partial charge in [-0.15, -0.1) is 0 Å². The quantitative estimate of drug-likeness (QED) is 0.809. The third kappa shape index (κ3) is 4.11. The maximum Gasteiger partial charge on any atom is 0.317 e. The van der Waals surface area contributed by atoms with E-state index in [0.717, 1.165) is 6.42 Å². The Hall–Kier alpha value is -1.84. The van der Waals surface area contributed by atoms with E-state index in [2.05, 4.69) is 0 Å². The standard InChI is InChI=1S/C17H24N2O6S/c1-18(12-17(20)21)13-5-7-19(8-6-13)26(22,23)14-3-4-15-16(11-14)25-10-2-9-24-15/h3-4,11,13H,2,5-10,12H2,1H3,(H,20,21). The number of hydrogen-bond donors (Lipinski definition) is 1. The Bertz CT molecular complexity index is 759. The van der Waals surface area contributed by atoms with Crippen LogP contribution in [0.4, 0.5) is 0 Å². The number of ether oxygens (including phenoxy) is 2. The minimum absolute atomic E-state index is 0.0421. The van der Waals surface area contributed by atoms with Crippen LogP contribution in [-0.4, -0.2) is 74.6 Å². The smallest absolute Gasteiger partial charge is 0.317 e. The number of carboxylic acid groups (broad SMARTS) is 1. The molecule has 0 aromatic heterocycles. The maximum absolute atomic E-state index is 12.9. The van der Waals surface area contributed by atoms with Crippen LogP contribution < -0.4 is 9.47 Å². The van der Waals surface area contributed by atoms with Crippen molar-refractivity contribution >= 4 is 16.0 Å². The Morgan fingerprint density at radius 3 is 2.54 bits per heavy atom. The Morgan fingerprint density at radius 2 is 1.88 bits per heavy atom. The molecule has 1 fully saturated rings. The lowest BCUT2D eigenvalue weighted by molar-refractivity contribution is -0.138. The van der Waals surface area contributed by atoms with Gasteiger partial charge in [0.25, 0.3) is 0 Å². The Labute approximate surface area is 153 Å². The summed E-state index contributed by atoms with van der Waals surface area (Å²) in [5.41, 5.74) is 0. The highest BCUT2D eigenvalue weighted by Crippen LogP contribution is 2.33. The van der Waals surface area contributed by atoms with Crippen LogP contribution in [0.15, 0.2) is 23.1 Å². The maximum atomic E-state index is 12.9. The minimum atomic E-state index is -3.62. The van der Waals surface area contributed by atoms with Gasteiger partial charge in [0.1, 0.15) is 0 Å². The number of likely N-dealkylation sites (N-methyl/N-ethyl adjacent to an activating group) is 1. The van der Waals surface area contributed by atoms with Crippen LogP contribution >= 0.6 is 0 Å². The van der Waals surface area contributed by atoms with Gasteiger partial charge < -0.3 is 14.6 Å². The summed E-state index contributed by atoms with van der Waals surface area (Å²) < 4.78 is 38.5. The summed E-state index contributed by atoms with van der Waals surface area (Å²) in [7, 11) is -1.86. The largest absolute Gasteiger partial charge is 0.490 e. The molecule has 3 rings (SSSR count). The number of carboxylic acids is 1. The molecule has 144 valence electrons. The summed E-state index contributed by atoms with van der Waals surface area (Å²) in [4.78, 5) is 12.8. The van der Waals surface area contributed by atoms with Crippen LogP contribution in [0.1, 0.15) is 19.3 Å². The molecular formula is C17H24N2O6S. The second-order valence-electron chi connectivity index (χ2n) is 6.60. The van der Waals surface area contributed by atoms with Crippen LogP contribution in [0, 0.1) is 0 Å². The number of fused-ring (bicyclic) bond motifs is 1. The molecule has 1 saturated heterocycles. The molecular weight excluding hydrogens is 360 g/mol. The van der Waals surface area contributed by atoms with Crippen molar-refractivity contribution in [2.24, 2.45) is 0 Å². The summed E-state index contributed by atoms with van der Waals surface area (Å²) in [6.07, 6.45) is 1.97. The van der Waals surface area contributed by atoms with E-state index in [9.17, 15) is 13.2 Å². The molecule has 8 nitrogen and oxygen atoms in total. The molecule has 1 N–H and O–H groups in total. The van der Waals surface area contributed by atoms with Gasteiger partial charge in [-0.1, -0.05) is 0 Å². The summed E-state index contributed by atoms with van der Waals surface area (Å²) in [5.74, 6) is 0.143. The van der Waals surface area contributed by atoms with Crippen molar-refractivity contribution in [3.8, 4) is 11.5 Å². The van der Waals surface area contributed by atoms with Crippen LogP contribution in [0.5, 0.6) is 11.5 Å². The molecule has 1 aromatic rings. The zero-order chi connectivity index (χ0) is 18.7. The average Bonchev–Trinajstić information content (AvgIpc) is 2.86. The molecule has 1 aromatic carbocycles. The Balaban J connectivity index is 1.70. The third-order valence-electron chi connectivity index (χ3n) is 4.79. The van der Waals surface area contributed by atoms with Gasteiger partial charge in [-0.3, -0.25) is 9.69 Å². The summed E-state index contributed by atoms with van der Waals surface area (Å²) in [6, 6.07) is 4.78. The first kappa shape index (κ1) is 18.9. The summed E-state index contributed by atoms with van der Waals surface area (Å²) >= 11 is 0. The van der Waals surface area contributed by atoms with Crippen LogP contribution in [0.3, 0.4) is 0 Å². The van der Waals surface area contributed by atoms with Gasteiger partial charge in [0.15, 0.2) is 11.5 Å². The zero-order valence-corrected chi connectivity index (χ0v) is 15.6. The highest BCUT2D eigenvalue weighted by molar-refractivity contribution is 7.89. The van der Waals surface area contributed by atoms with Gasteiger partial charge in [0, 0.05) is 31.6 Å². The molecule has 0 bridgehead atoms. The van der Waals surface area contributed by atoms with Gasteiger partial charge in [0.2, 0.25) is 10.0 Å². The van der Waals surface area contributed by atoms with E-state index in [1.807, 2.05) is 0 Å². The predicted molar refractivity (Wildman–Crippen MR) is 94.1 cm³/mol. The summed E-state index contributed by atoms with van der Waals surface area (Å²) in [5, 5.41) is 8.89. The average molecular weight is 384 g/mol. The fourth-order valence-electron chi connectivity index (χ4n) is 3.32. The van der Waals surface area contributed by atoms with E-state index >= 15 is 0 Å². The van der Waals surface area contributed by atoms with Crippen molar-refractivity contribution in [2.75, 3.05) is 39.9 Å². The topological polar surface area (TPSA) is 96.4 Å². The lowest BCUT2D eigenvalue weighted by atomic mass is 10.1. The molecule has 0 saturated carbocycles. The molecule has 2 heterocycles. The van der Waals surface area contributed by atoms with Crippen molar-refractivity contribution in [2.45, 2.75) is 30.2 Å². The first-order chi connectivity index (χ1) is 12.4. The van der Waals surface area contributed by atoms with Crippen molar-refractivity contribution in [1.82, 2.24) is 9.21 Å². The molecule has 26 heavy (non-hydrogen) atoms. The molecule has 0 unspecified atom stereocenters. The fourth-order valence-corrected chi connectivity index (χ4v) is 4.80. The van der Waals surface area contributed by atoms with E-state index in [-0.39, 0.29) is 17.5 Å². The van der Waals surface area contributed by atoms with Crippen molar-refractivity contribution in [1.29, 1.82) is 0 Å². The number of nitrogens with zero attached hydrogens (tertiary/aromatic N) is 2. The lowest BCUT2D eigenvalue weighted by Crippen LogP contribution is -2.46. The first-order valence-corrected chi connectivity index (χ1v) is 10.1. The fraction of sp³-hybridized carbons (Fsp3) is 0.588. The van der Waals surface area contributed by atoms with Gasteiger partial charge in [-0.2, -0.15) is 4.31 Å². The molecule has 2 aliphatic heterocycles. The third-order valence-corrected chi connectivity index (χ3v) is 6.68. The molecule has 0 aliphatic carbocycles. The van der Waals surface area contributed by atoms with Crippen molar-refractivity contribution in [3.63, 3.8) is 0 Å². The van der Waals surface area contributed by atoms with E-state index in [1.165, 1.54) is 10.4 Å². The summed E-state index contributed by atoms with van der Waals surface area (Å²) in [6.45, 7) is 1.74. The number of aliphatic carboxylic acids is 1. The number of sulfonamides is 1. The van der Waals surface area contributed by atoms with E-state index in [1.54, 1.807) is 24.1 Å². The molecule has 2 aliphatic rings. The number of rotatable bonds is 5. The van der Waals surface area contributed by atoms with Crippen molar-refractivity contribution in [3.05, 3.63) is 18.2 Å². The van der Waals surface area contributed by atoms with E-state index < -0.39 is 16.0 Å². The Morgan fingerprint density at radius 1 is 1.23 bits per heavy atom. The zero-order valence-electron chi connectivity index (χ0n) is 14.8. The first-order valence-electron chi connectivity index (χ1n) is 8.70. The van der Waals surface area contributed by atoms with Gasteiger partial charge in [-0.05, 0) is 32.0 Å². The predicted octanol–water partition coefficient (Wildman–Crippen LogP) is 1.02. The number of hydrogen-bond acceptors (Lipinski definition) is 6. The van der Waals surface area contributed by atoms with Crippen LogP contribution in [0.25, 0.3) is 0 Å². The normalized spacial score (nSPS) is 19.3. The molecule has 9 heteroatoms. The van der Waals surface area contributed by atoms with Gasteiger partial charge in [0.05, 0.1) is 24.7 Å². The number of benzene rings is 1. The minimum Gasteiger partial charge on any atom is -0.490 e. The second kappa shape index (κ2) is 7.81. The van der Waals surface area contributed by atoms with Gasteiger partial charge in [-0.25, -0.2) is 8.42 Å². The molecule has 0 amide bonds. The number of carbonyl (C=O) groups is 1. The monoisotopic (exact) mass is 384 g/mol. The van der Waals surface area contributed by atoms with Crippen LogP contribution in [0.2, 0.25) is 0 Å². The molecule has 0 atom stereocenters. The number of piperidine rings is 1. The van der Waals surface area contributed by atoms with Crippen molar-refractivity contribution < 1.29 is 27.8 Å². The Kier molecular flexibility index (Phi) is 5.69. The molecule has 0 radical (unpaired) electrons. The highest BCUT2D eigenvalue weighted by Gasteiger charge is 2.32. The van der Waals surface area contributed by atoms with E-state index in [0.29, 0.717) is 50.6 Å². The molecule has 0 spiro atoms. The second-order valence-corrected chi connectivity index (χ2v) is 8.54. The van der Waals surface area contributed by atoms with Gasteiger partial charge >= 0.3 is 5.97 Å². The lowest BCUT2D eigenvalue weighted by Gasteiger charge is -2.35. The highest BCUT2D eigenvalue weighted by atomic mass is 32.2. The van der Waals surface area contributed by atoms with Crippen LogP contribution in [-0.2, 0) is 14.8 Å².